The van der Waals surface area contributed by atoms with Crippen LogP contribution < -0.4 is 14.8 Å². The van der Waals surface area contributed by atoms with Crippen LogP contribution in [0.15, 0.2) is 78.9 Å². The Morgan fingerprint density at radius 1 is 1.17 bits per heavy atom. The molecule has 0 fully saturated rings. The van der Waals surface area contributed by atoms with E-state index in [4.69, 9.17) is 21.1 Å². The Hall–Kier alpha value is -4.08. The van der Waals surface area contributed by atoms with Gasteiger partial charge in [0, 0.05) is 16.3 Å². The maximum Gasteiger partial charge on any atom is 0.266 e. The van der Waals surface area contributed by atoms with Gasteiger partial charge in [-0.2, -0.15) is 5.26 Å². The quantitative estimate of drug-likeness (QED) is 0.194. The topological polar surface area (TPSA) is 71.4 Å². The minimum Gasteiger partial charge on any atom is -0.490 e. The first-order valence-electron chi connectivity index (χ1n) is 10.9. The lowest BCUT2D eigenvalue weighted by Gasteiger charge is -2.17. The third kappa shape index (κ3) is 7.20. The molecule has 0 aliphatic carbocycles. The molecule has 178 valence electrons. The highest BCUT2D eigenvalue weighted by Gasteiger charge is 2.16. The monoisotopic (exact) mass is 490 g/mol. The van der Waals surface area contributed by atoms with Crippen LogP contribution in [0.5, 0.6) is 11.5 Å². The number of hydrogen-bond acceptors (Lipinski definition) is 4. The molecule has 0 heterocycles. The lowest BCUT2D eigenvalue weighted by Crippen LogP contribution is -2.13. The van der Waals surface area contributed by atoms with Crippen molar-refractivity contribution in [2.24, 2.45) is 0 Å². The number of halogens is 2. The van der Waals surface area contributed by atoms with Gasteiger partial charge in [0.05, 0.1) is 6.61 Å². The third-order valence-corrected chi connectivity index (χ3v) is 5.12. The molecule has 0 atom stereocenters. The van der Waals surface area contributed by atoms with Gasteiger partial charge in [-0.1, -0.05) is 29.8 Å². The summed E-state index contributed by atoms with van der Waals surface area (Å²) in [5.74, 6) is 0.0514. The van der Waals surface area contributed by atoms with Crippen LogP contribution in [0.4, 0.5) is 10.1 Å². The lowest BCUT2D eigenvalue weighted by atomic mass is 10.0. The standard InChI is InChI=1S/C28H24ClFN2O3/c1-3-6-21-13-20(14-22(17-31)28(33)32-25-11-9-23(29)10-12-25)16-26(34-4-2)27(21)35-18-19-7-5-8-24(30)15-19/h3,5,7-16H,1,4,6,18H2,2H3,(H,32,33)/b22-14+. The van der Waals surface area contributed by atoms with Crippen LogP contribution in [0.2, 0.25) is 5.02 Å². The number of hydrogen-bond donors (Lipinski definition) is 1. The minimum atomic E-state index is -0.551. The van der Waals surface area contributed by atoms with Crippen molar-refractivity contribution in [3.63, 3.8) is 0 Å². The molecule has 3 aromatic rings. The van der Waals surface area contributed by atoms with E-state index in [0.717, 1.165) is 5.56 Å². The number of nitriles is 1. The molecule has 3 rings (SSSR count). The van der Waals surface area contributed by atoms with Crippen molar-refractivity contribution in [3.8, 4) is 17.6 Å². The van der Waals surface area contributed by atoms with Gasteiger partial charge in [-0.05, 0) is 79.1 Å². The van der Waals surface area contributed by atoms with Crippen LogP contribution in [0.3, 0.4) is 0 Å². The smallest absolute Gasteiger partial charge is 0.266 e. The van der Waals surface area contributed by atoms with Gasteiger partial charge in [-0.3, -0.25) is 4.79 Å². The van der Waals surface area contributed by atoms with Crippen LogP contribution in [0, 0.1) is 17.1 Å². The van der Waals surface area contributed by atoms with Crippen LogP contribution in [0.25, 0.3) is 6.08 Å². The van der Waals surface area contributed by atoms with Crippen LogP contribution >= 0.6 is 11.6 Å². The number of allylic oxidation sites excluding steroid dienone is 1. The van der Waals surface area contributed by atoms with Gasteiger partial charge in [0.25, 0.3) is 5.91 Å². The largest absolute Gasteiger partial charge is 0.490 e. The average molecular weight is 491 g/mol. The fourth-order valence-corrected chi connectivity index (χ4v) is 3.46. The van der Waals surface area contributed by atoms with Crippen molar-refractivity contribution < 1.29 is 18.7 Å². The Morgan fingerprint density at radius 3 is 2.60 bits per heavy atom. The number of ether oxygens (including phenoxy) is 2. The maximum absolute atomic E-state index is 13.6. The van der Waals surface area contributed by atoms with Crippen molar-refractivity contribution in [1.82, 2.24) is 0 Å². The second-order valence-electron chi connectivity index (χ2n) is 7.48. The molecule has 7 heteroatoms. The fourth-order valence-electron chi connectivity index (χ4n) is 3.33. The summed E-state index contributed by atoms with van der Waals surface area (Å²) in [6.07, 6.45) is 3.65. The molecular weight excluding hydrogens is 467 g/mol. The normalized spacial score (nSPS) is 10.9. The Morgan fingerprint density at radius 2 is 1.94 bits per heavy atom. The second kappa shape index (κ2) is 12.4. The number of anilines is 1. The van der Waals surface area contributed by atoms with Gasteiger partial charge >= 0.3 is 0 Å². The Bertz CT molecular complexity index is 1280. The van der Waals surface area contributed by atoms with Crippen molar-refractivity contribution in [3.05, 3.63) is 106 Å². The first kappa shape index (κ1) is 25.5. The molecular formula is C28H24ClFN2O3. The van der Waals surface area contributed by atoms with Gasteiger partial charge < -0.3 is 14.8 Å². The summed E-state index contributed by atoms with van der Waals surface area (Å²) in [7, 11) is 0. The molecule has 0 spiro atoms. The number of amides is 1. The van der Waals surface area contributed by atoms with E-state index in [1.54, 1.807) is 54.6 Å². The molecule has 0 unspecified atom stereocenters. The van der Waals surface area contributed by atoms with E-state index >= 15 is 0 Å². The van der Waals surface area contributed by atoms with E-state index in [1.807, 2.05) is 13.0 Å². The van der Waals surface area contributed by atoms with Crippen molar-refractivity contribution >= 4 is 29.3 Å². The van der Waals surface area contributed by atoms with E-state index < -0.39 is 5.91 Å². The summed E-state index contributed by atoms with van der Waals surface area (Å²) in [5.41, 5.74) is 2.45. The van der Waals surface area contributed by atoms with Crippen molar-refractivity contribution in [1.29, 1.82) is 5.26 Å². The van der Waals surface area contributed by atoms with E-state index in [2.05, 4.69) is 11.9 Å². The number of rotatable bonds is 10. The first-order chi connectivity index (χ1) is 16.9. The highest BCUT2D eigenvalue weighted by Crippen LogP contribution is 2.35. The summed E-state index contributed by atoms with van der Waals surface area (Å²) in [6.45, 7) is 6.16. The second-order valence-corrected chi connectivity index (χ2v) is 7.92. The molecule has 5 nitrogen and oxygen atoms in total. The van der Waals surface area contributed by atoms with Crippen LogP contribution in [0.1, 0.15) is 23.6 Å². The van der Waals surface area contributed by atoms with E-state index in [0.29, 0.717) is 46.4 Å². The van der Waals surface area contributed by atoms with E-state index in [1.165, 1.54) is 18.2 Å². The molecule has 0 aliphatic heterocycles. The molecule has 0 saturated heterocycles. The van der Waals surface area contributed by atoms with Gasteiger partial charge in [-0.15, -0.1) is 6.58 Å². The molecule has 0 saturated carbocycles. The fraction of sp³-hybridized carbons (Fsp3) is 0.143. The SMILES string of the molecule is C=CCc1cc(/C=C(\C#N)C(=O)Nc2ccc(Cl)cc2)cc(OCC)c1OCc1cccc(F)c1. The highest BCUT2D eigenvalue weighted by molar-refractivity contribution is 6.30. The van der Waals surface area contributed by atoms with Gasteiger partial charge in [0.2, 0.25) is 0 Å². The zero-order valence-corrected chi connectivity index (χ0v) is 19.9. The summed E-state index contributed by atoms with van der Waals surface area (Å²) >= 11 is 5.88. The highest BCUT2D eigenvalue weighted by atomic mass is 35.5. The molecule has 0 aromatic heterocycles. The Balaban J connectivity index is 1.92. The zero-order chi connectivity index (χ0) is 25.2. The van der Waals surface area contributed by atoms with Crippen LogP contribution in [-0.2, 0) is 17.8 Å². The molecule has 3 aromatic carbocycles. The number of carbonyl (C=O) groups excluding carboxylic acids is 1. The molecule has 35 heavy (non-hydrogen) atoms. The number of nitrogens with one attached hydrogen (secondary N) is 1. The molecule has 0 radical (unpaired) electrons. The summed E-state index contributed by atoms with van der Waals surface area (Å²) < 4.78 is 25.4. The zero-order valence-electron chi connectivity index (χ0n) is 19.2. The Kier molecular flexibility index (Phi) is 9.05. The average Bonchev–Trinajstić information content (AvgIpc) is 2.84. The number of carbonyl (C=O) groups is 1. The van der Waals surface area contributed by atoms with E-state index in [-0.39, 0.29) is 18.0 Å². The minimum absolute atomic E-state index is 0.0830. The first-order valence-corrected chi connectivity index (χ1v) is 11.3. The predicted octanol–water partition coefficient (Wildman–Crippen LogP) is 6.73. The Labute approximate surface area is 209 Å². The van der Waals surface area contributed by atoms with E-state index in [9.17, 15) is 14.4 Å². The van der Waals surface area contributed by atoms with Crippen molar-refractivity contribution in [2.75, 3.05) is 11.9 Å². The maximum atomic E-state index is 13.6. The molecule has 0 aliphatic rings. The summed E-state index contributed by atoms with van der Waals surface area (Å²) in [6, 6.07) is 18.2. The van der Waals surface area contributed by atoms with Gasteiger partial charge in [0.1, 0.15) is 24.1 Å². The van der Waals surface area contributed by atoms with Crippen molar-refractivity contribution in [2.45, 2.75) is 20.0 Å². The molecule has 1 N–H and O–H groups in total. The van der Waals surface area contributed by atoms with Gasteiger partial charge in [-0.25, -0.2) is 4.39 Å². The molecule has 1 amide bonds. The van der Waals surface area contributed by atoms with Gasteiger partial charge in [0.15, 0.2) is 11.5 Å². The predicted molar refractivity (Wildman–Crippen MR) is 136 cm³/mol. The lowest BCUT2D eigenvalue weighted by molar-refractivity contribution is -0.112. The van der Waals surface area contributed by atoms with Crippen LogP contribution in [-0.4, -0.2) is 12.5 Å². The summed E-state index contributed by atoms with van der Waals surface area (Å²) in [5, 5.41) is 12.8. The summed E-state index contributed by atoms with van der Waals surface area (Å²) in [4.78, 5) is 12.7. The number of nitrogens with zero attached hydrogens (tertiary/aromatic N) is 1. The third-order valence-electron chi connectivity index (χ3n) is 4.87. The number of benzene rings is 3. The molecule has 0 bridgehead atoms.